The molecule has 0 amide bonds. The van der Waals surface area contributed by atoms with Gasteiger partial charge in [-0.15, -0.1) is 0 Å². The van der Waals surface area contributed by atoms with Crippen LogP contribution in [0.15, 0.2) is 83.9 Å². The Morgan fingerprint density at radius 1 is 0.969 bits per heavy atom. The van der Waals surface area contributed by atoms with Gasteiger partial charge in [0.05, 0.1) is 10.4 Å². The van der Waals surface area contributed by atoms with Crippen molar-refractivity contribution >= 4 is 20.9 Å². The van der Waals surface area contributed by atoms with Crippen LogP contribution in [0, 0.1) is 6.92 Å². The van der Waals surface area contributed by atoms with Crippen LogP contribution >= 0.6 is 0 Å². The summed E-state index contributed by atoms with van der Waals surface area (Å²) in [5.41, 5.74) is 5.67. The lowest BCUT2D eigenvalue weighted by atomic mass is 9.86. The first-order valence-electron chi connectivity index (χ1n) is 11.2. The standard InChI is InChI=1S/C27H28N2O2S/c1-19-8-13-24(14-9-19)32(30,31)29-17-16-25-26-18-23(12-10-22(26)11-15-27(25)29)28-20(2)21-6-4-3-5-7-21/h3-9,11,13-17,20,23,28H,10,12,18H2,1-2H3/t20?,23-/m0/s1. The topological polar surface area (TPSA) is 51.1 Å². The number of hydrogen-bond acceptors (Lipinski definition) is 3. The molecule has 5 heteroatoms. The number of rotatable bonds is 5. The van der Waals surface area contributed by atoms with E-state index < -0.39 is 10.0 Å². The van der Waals surface area contributed by atoms with E-state index in [9.17, 15) is 8.42 Å². The minimum atomic E-state index is -3.63. The number of nitrogens with one attached hydrogen (secondary N) is 1. The van der Waals surface area contributed by atoms with E-state index in [0.29, 0.717) is 10.9 Å². The largest absolute Gasteiger partial charge is 0.307 e. The van der Waals surface area contributed by atoms with Gasteiger partial charge in [0.25, 0.3) is 10.0 Å². The quantitative estimate of drug-likeness (QED) is 0.449. The SMILES string of the molecule is Cc1ccc(S(=O)(=O)n2ccc3c4c(ccc32)CC[C@H](NC(C)c2ccccc2)C4)cc1. The van der Waals surface area contributed by atoms with Crippen LogP contribution in [0.4, 0.5) is 0 Å². The molecule has 1 heterocycles. The molecule has 1 unspecified atom stereocenters. The summed E-state index contributed by atoms with van der Waals surface area (Å²) in [4.78, 5) is 0.314. The van der Waals surface area contributed by atoms with Crippen molar-refractivity contribution in [1.82, 2.24) is 9.29 Å². The van der Waals surface area contributed by atoms with Crippen LogP contribution in [0.1, 0.15) is 41.6 Å². The number of aromatic nitrogens is 1. The molecule has 1 aliphatic rings. The molecule has 0 bridgehead atoms. The third-order valence-electron chi connectivity index (χ3n) is 6.62. The molecule has 0 spiro atoms. The van der Waals surface area contributed by atoms with Gasteiger partial charge in [-0.05, 0) is 74.1 Å². The average Bonchev–Trinajstić information content (AvgIpc) is 3.25. The molecular formula is C27H28N2O2S. The Hall–Kier alpha value is -2.89. The van der Waals surface area contributed by atoms with Gasteiger partial charge in [0.2, 0.25) is 0 Å². The van der Waals surface area contributed by atoms with Crippen LogP contribution in [0.25, 0.3) is 10.9 Å². The number of aryl methyl sites for hydroxylation is 2. The van der Waals surface area contributed by atoms with E-state index >= 15 is 0 Å². The molecule has 2 atom stereocenters. The van der Waals surface area contributed by atoms with E-state index in [-0.39, 0.29) is 6.04 Å². The maximum atomic E-state index is 13.3. The third kappa shape index (κ3) is 3.76. The van der Waals surface area contributed by atoms with Crippen molar-refractivity contribution in [2.45, 2.75) is 50.1 Å². The fourth-order valence-corrected chi connectivity index (χ4v) is 6.17. The maximum Gasteiger partial charge on any atom is 0.268 e. The monoisotopic (exact) mass is 444 g/mol. The number of nitrogens with zero attached hydrogens (tertiary/aromatic N) is 1. The van der Waals surface area contributed by atoms with Crippen LogP contribution in [0.3, 0.4) is 0 Å². The number of hydrogen-bond donors (Lipinski definition) is 1. The summed E-state index contributed by atoms with van der Waals surface area (Å²) in [7, 11) is -3.63. The number of benzene rings is 3. The fourth-order valence-electron chi connectivity index (χ4n) is 4.82. The lowest BCUT2D eigenvalue weighted by Crippen LogP contribution is -2.36. The van der Waals surface area contributed by atoms with E-state index in [1.165, 1.54) is 20.7 Å². The zero-order chi connectivity index (χ0) is 22.3. The van der Waals surface area contributed by atoms with Crippen LogP contribution in [-0.2, 0) is 22.9 Å². The summed E-state index contributed by atoms with van der Waals surface area (Å²) in [5.74, 6) is 0. The Labute approximate surface area is 190 Å². The van der Waals surface area contributed by atoms with Crippen molar-refractivity contribution in [3.05, 3.63) is 101 Å². The van der Waals surface area contributed by atoms with E-state index in [1.807, 2.05) is 37.3 Å². The van der Waals surface area contributed by atoms with Crippen molar-refractivity contribution < 1.29 is 8.42 Å². The van der Waals surface area contributed by atoms with Crippen molar-refractivity contribution in [1.29, 1.82) is 0 Å². The smallest absolute Gasteiger partial charge is 0.268 e. The Bertz CT molecular complexity index is 1360. The van der Waals surface area contributed by atoms with Gasteiger partial charge >= 0.3 is 0 Å². The first-order valence-corrected chi connectivity index (χ1v) is 12.6. The second-order valence-corrected chi connectivity index (χ2v) is 10.6. The number of fused-ring (bicyclic) bond motifs is 3. The van der Waals surface area contributed by atoms with Gasteiger partial charge < -0.3 is 5.32 Å². The molecule has 0 saturated heterocycles. The van der Waals surface area contributed by atoms with Crippen molar-refractivity contribution in [2.75, 3.05) is 0 Å². The highest BCUT2D eigenvalue weighted by Crippen LogP contribution is 2.32. The van der Waals surface area contributed by atoms with Crippen LogP contribution in [0.2, 0.25) is 0 Å². The lowest BCUT2D eigenvalue weighted by molar-refractivity contribution is 0.415. The zero-order valence-corrected chi connectivity index (χ0v) is 19.3. The summed E-state index contributed by atoms with van der Waals surface area (Å²) in [6.45, 7) is 4.16. The predicted octanol–water partition coefficient (Wildman–Crippen LogP) is 5.39. The maximum absolute atomic E-state index is 13.3. The molecule has 4 nitrogen and oxygen atoms in total. The molecular weight excluding hydrogens is 416 g/mol. The summed E-state index contributed by atoms with van der Waals surface area (Å²) in [6.07, 6.45) is 4.68. The average molecular weight is 445 g/mol. The first-order chi connectivity index (χ1) is 15.4. The molecule has 4 aromatic rings. The highest BCUT2D eigenvalue weighted by molar-refractivity contribution is 7.90. The van der Waals surface area contributed by atoms with Crippen LogP contribution in [0.5, 0.6) is 0 Å². The second kappa shape index (κ2) is 8.23. The third-order valence-corrected chi connectivity index (χ3v) is 8.33. The predicted molar refractivity (Wildman–Crippen MR) is 130 cm³/mol. The van der Waals surface area contributed by atoms with E-state index in [0.717, 1.165) is 35.7 Å². The summed E-state index contributed by atoms with van der Waals surface area (Å²) in [5, 5.41) is 4.82. The molecule has 0 saturated carbocycles. The van der Waals surface area contributed by atoms with Crippen molar-refractivity contribution in [2.24, 2.45) is 0 Å². The van der Waals surface area contributed by atoms with Gasteiger partial charge in [-0.2, -0.15) is 0 Å². The van der Waals surface area contributed by atoms with Crippen molar-refractivity contribution in [3.8, 4) is 0 Å². The molecule has 1 aromatic heterocycles. The first kappa shape index (κ1) is 21.0. The Balaban J connectivity index is 1.46. The minimum absolute atomic E-state index is 0.272. The van der Waals surface area contributed by atoms with Gasteiger partial charge in [0.1, 0.15) is 0 Å². The molecule has 164 valence electrons. The highest BCUT2D eigenvalue weighted by Gasteiger charge is 2.25. The molecule has 0 aliphatic heterocycles. The summed E-state index contributed by atoms with van der Waals surface area (Å²) >= 11 is 0. The molecule has 0 fully saturated rings. The lowest BCUT2D eigenvalue weighted by Gasteiger charge is -2.29. The van der Waals surface area contributed by atoms with Gasteiger partial charge in [-0.1, -0.05) is 54.1 Å². The molecule has 3 aromatic carbocycles. The minimum Gasteiger partial charge on any atom is -0.307 e. The molecule has 0 radical (unpaired) electrons. The molecule has 32 heavy (non-hydrogen) atoms. The van der Waals surface area contributed by atoms with Gasteiger partial charge in [-0.3, -0.25) is 0 Å². The molecule has 1 N–H and O–H groups in total. The van der Waals surface area contributed by atoms with E-state index in [4.69, 9.17) is 0 Å². The van der Waals surface area contributed by atoms with Crippen molar-refractivity contribution in [3.63, 3.8) is 0 Å². The Kier molecular flexibility index (Phi) is 5.39. The molecule has 5 rings (SSSR count). The van der Waals surface area contributed by atoms with E-state index in [1.54, 1.807) is 18.3 Å². The van der Waals surface area contributed by atoms with Gasteiger partial charge in [0.15, 0.2) is 0 Å². The Morgan fingerprint density at radius 2 is 1.72 bits per heavy atom. The zero-order valence-electron chi connectivity index (χ0n) is 18.5. The van der Waals surface area contributed by atoms with Crippen LogP contribution in [-0.4, -0.2) is 18.4 Å². The van der Waals surface area contributed by atoms with Gasteiger partial charge in [-0.25, -0.2) is 12.4 Å². The van der Waals surface area contributed by atoms with Crippen LogP contribution < -0.4 is 5.32 Å². The summed E-state index contributed by atoms with van der Waals surface area (Å²) in [6, 6.07) is 24.2. The summed E-state index contributed by atoms with van der Waals surface area (Å²) < 4.78 is 28.0. The second-order valence-electron chi connectivity index (χ2n) is 8.80. The van der Waals surface area contributed by atoms with E-state index in [2.05, 4.69) is 42.6 Å². The Morgan fingerprint density at radius 3 is 2.47 bits per heavy atom. The fraction of sp³-hybridized carbons (Fsp3) is 0.259. The normalized spacial score (nSPS) is 17.2. The van der Waals surface area contributed by atoms with Gasteiger partial charge in [0, 0.05) is 23.7 Å². The molecule has 1 aliphatic carbocycles. The highest BCUT2D eigenvalue weighted by atomic mass is 32.2.